The predicted octanol–water partition coefficient (Wildman–Crippen LogP) is 2.04. The maximum atomic E-state index is 12.5. The number of carbonyl (C=O) groups is 2. The molecule has 0 spiro atoms. The van der Waals surface area contributed by atoms with Crippen LogP contribution in [0.3, 0.4) is 0 Å². The molecule has 1 N–H and O–H groups in total. The van der Waals surface area contributed by atoms with Crippen molar-refractivity contribution >= 4 is 23.4 Å². The second-order valence-electron chi connectivity index (χ2n) is 5.29. The van der Waals surface area contributed by atoms with E-state index in [1.54, 1.807) is 12.1 Å². The van der Waals surface area contributed by atoms with Crippen LogP contribution in [0.4, 0.5) is 0 Å². The van der Waals surface area contributed by atoms with Gasteiger partial charge in [0.15, 0.2) is 0 Å². The molecule has 1 fully saturated rings. The topological polar surface area (TPSA) is 62.3 Å². The Labute approximate surface area is 129 Å². The van der Waals surface area contributed by atoms with Gasteiger partial charge in [-0.25, -0.2) is 4.98 Å². The highest BCUT2D eigenvalue weighted by molar-refractivity contribution is 6.29. The highest BCUT2D eigenvalue weighted by atomic mass is 35.5. The van der Waals surface area contributed by atoms with Crippen LogP contribution < -0.4 is 5.32 Å². The number of rotatable bonds is 3. The Kier molecular flexibility index (Phi) is 5.17. The maximum absolute atomic E-state index is 12.5. The summed E-state index contributed by atoms with van der Waals surface area (Å²) in [6.07, 6.45) is 2.31. The van der Waals surface area contributed by atoms with Crippen LogP contribution in [0.25, 0.3) is 0 Å². The molecule has 0 atom stereocenters. The number of hydrogen-bond acceptors (Lipinski definition) is 3. The van der Waals surface area contributed by atoms with Crippen LogP contribution in [-0.2, 0) is 11.2 Å². The summed E-state index contributed by atoms with van der Waals surface area (Å²) in [6.45, 7) is 4.78. The number of amides is 2. The highest BCUT2D eigenvalue weighted by Crippen LogP contribution is 2.17. The molecule has 114 valence electrons. The van der Waals surface area contributed by atoms with Gasteiger partial charge < -0.3 is 10.2 Å². The summed E-state index contributed by atoms with van der Waals surface area (Å²) in [7, 11) is 0. The Bertz CT molecular complexity index is 540. The van der Waals surface area contributed by atoms with Gasteiger partial charge >= 0.3 is 0 Å². The van der Waals surface area contributed by atoms with Crippen molar-refractivity contribution in [2.75, 3.05) is 13.1 Å². The Morgan fingerprint density at radius 1 is 1.38 bits per heavy atom. The number of carbonyl (C=O) groups excluding carboxylic acids is 2. The molecule has 5 nitrogen and oxygen atoms in total. The molecule has 2 rings (SSSR count). The molecule has 6 heteroatoms. The van der Waals surface area contributed by atoms with Crippen LogP contribution in [0.1, 0.15) is 42.7 Å². The number of nitrogens with zero attached hydrogens (tertiary/aromatic N) is 2. The van der Waals surface area contributed by atoms with E-state index in [1.807, 2.05) is 11.8 Å². The van der Waals surface area contributed by atoms with Crippen LogP contribution in [0.5, 0.6) is 0 Å². The van der Waals surface area contributed by atoms with E-state index in [1.165, 1.54) is 6.92 Å². The van der Waals surface area contributed by atoms with Crippen molar-refractivity contribution in [3.63, 3.8) is 0 Å². The van der Waals surface area contributed by atoms with Gasteiger partial charge in [0.05, 0.1) is 0 Å². The molecule has 0 aromatic carbocycles. The lowest BCUT2D eigenvalue weighted by Gasteiger charge is -2.32. The largest absolute Gasteiger partial charge is 0.353 e. The number of aryl methyl sites for hydroxylation is 1. The third-order valence-electron chi connectivity index (χ3n) is 3.65. The maximum Gasteiger partial charge on any atom is 0.254 e. The van der Waals surface area contributed by atoms with Crippen LogP contribution >= 0.6 is 11.6 Å². The van der Waals surface area contributed by atoms with Gasteiger partial charge in [-0.05, 0) is 31.4 Å². The molecule has 1 saturated heterocycles. The van der Waals surface area contributed by atoms with Gasteiger partial charge in [0, 0.05) is 37.3 Å². The zero-order valence-corrected chi connectivity index (χ0v) is 13.1. The minimum Gasteiger partial charge on any atom is -0.353 e. The Morgan fingerprint density at radius 2 is 2.05 bits per heavy atom. The number of halogens is 1. The van der Waals surface area contributed by atoms with E-state index in [4.69, 9.17) is 11.6 Å². The van der Waals surface area contributed by atoms with Crippen LogP contribution in [0.15, 0.2) is 12.1 Å². The summed E-state index contributed by atoms with van der Waals surface area (Å²) in [5.41, 5.74) is 1.41. The van der Waals surface area contributed by atoms with Gasteiger partial charge in [0.1, 0.15) is 5.15 Å². The zero-order chi connectivity index (χ0) is 15.4. The minimum absolute atomic E-state index is 0.0183. The van der Waals surface area contributed by atoms with Crippen molar-refractivity contribution in [2.24, 2.45) is 0 Å². The van der Waals surface area contributed by atoms with E-state index in [-0.39, 0.29) is 17.9 Å². The lowest BCUT2D eigenvalue weighted by atomic mass is 10.0. The zero-order valence-electron chi connectivity index (χ0n) is 12.4. The fourth-order valence-electron chi connectivity index (χ4n) is 2.55. The summed E-state index contributed by atoms with van der Waals surface area (Å²) in [4.78, 5) is 29.5. The molecule has 0 saturated carbocycles. The first-order chi connectivity index (χ1) is 9.99. The summed E-state index contributed by atoms with van der Waals surface area (Å²) >= 11 is 5.96. The number of pyridine rings is 1. The van der Waals surface area contributed by atoms with Crippen molar-refractivity contribution in [1.29, 1.82) is 0 Å². The summed E-state index contributed by atoms with van der Waals surface area (Å²) < 4.78 is 0. The molecule has 0 bridgehead atoms. The first-order valence-electron chi connectivity index (χ1n) is 7.22. The fourth-order valence-corrected chi connectivity index (χ4v) is 2.78. The molecule has 1 aliphatic heterocycles. The monoisotopic (exact) mass is 309 g/mol. The van der Waals surface area contributed by atoms with Crippen molar-refractivity contribution in [3.05, 3.63) is 28.5 Å². The van der Waals surface area contributed by atoms with E-state index < -0.39 is 0 Å². The van der Waals surface area contributed by atoms with Gasteiger partial charge in [-0.3, -0.25) is 9.59 Å². The fraction of sp³-hybridized carbons (Fsp3) is 0.533. The second kappa shape index (κ2) is 6.89. The molecule has 2 amide bonds. The molecular formula is C15H20ClN3O2. The van der Waals surface area contributed by atoms with E-state index in [0.29, 0.717) is 23.8 Å². The molecule has 0 aliphatic carbocycles. The molecule has 1 aromatic rings. The van der Waals surface area contributed by atoms with Gasteiger partial charge in [0.2, 0.25) is 5.91 Å². The third kappa shape index (κ3) is 4.17. The van der Waals surface area contributed by atoms with E-state index in [2.05, 4.69) is 10.3 Å². The summed E-state index contributed by atoms with van der Waals surface area (Å²) in [6, 6.07) is 3.58. The smallest absolute Gasteiger partial charge is 0.254 e. The lowest BCUT2D eigenvalue weighted by molar-refractivity contribution is -0.119. The van der Waals surface area contributed by atoms with E-state index in [0.717, 1.165) is 25.0 Å². The minimum atomic E-state index is -0.0201. The first kappa shape index (κ1) is 15.8. The van der Waals surface area contributed by atoms with Gasteiger partial charge in [0.25, 0.3) is 5.91 Å². The number of nitrogens with one attached hydrogen (secondary N) is 1. The predicted molar refractivity (Wildman–Crippen MR) is 81.4 cm³/mol. The quantitative estimate of drug-likeness (QED) is 0.869. The number of piperidine rings is 1. The summed E-state index contributed by atoms with van der Waals surface area (Å²) in [5, 5.41) is 3.25. The van der Waals surface area contributed by atoms with Crippen LogP contribution in [0, 0.1) is 0 Å². The Balaban J connectivity index is 2.02. The first-order valence-corrected chi connectivity index (χ1v) is 7.60. The van der Waals surface area contributed by atoms with Crippen molar-refractivity contribution in [2.45, 2.75) is 39.2 Å². The molecular weight excluding hydrogens is 290 g/mol. The normalized spacial score (nSPS) is 15.9. The molecule has 1 aromatic heterocycles. The lowest BCUT2D eigenvalue weighted by Crippen LogP contribution is -2.46. The Morgan fingerprint density at radius 3 is 2.62 bits per heavy atom. The van der Waals surface area contributed by atoms with E-state index in [9.17, 15) is 9.59 Å². The van der Waals surface area contributed by atoms with Crippen molar-refractivity contribution in [1.82, 2.24) is 15.2 Å². The average molecular weight is 310 g/mol. The number of hydrogen-bond donors (Lipinski definition) is 1. The van der Waals surface area contributed by atoms with Gasteiger partial charge in [-0.2, -0.15) is 0 Å². The third-order valence-corrected chi connectivity index (χ3v) is 3.84. The van der Waals surface area contributed by atoms with E-state index >= 15 is 0 Å². The number of likely N-dealkylation sites (tertiary alicyclic amines) is 1. The average Bonchev–Trinajstić information content (AvgIpc) is 2.46. The molecule has 21 heavy (non-hydrogen) atoms. The number of aromatic nitrogens is 1. The van der Waals surface area contributed by atoms with Crippen LogP contribution in [0.2, 0.25) is 5.15 Å². The standard InChI is InChI=1S/C15H20ClN3O2/c1-3-12-8-11(9-14(16)18-12)15(21)19-6-4-13(5-7-19)17-10(2)20/h8-9,13H,3-7H2,1-2H3,(H,17,20). The molecule has 0 unspecified atom stereocenters. The molecule has 2 heterocycles. The SMILES string of the molecule is CCc1cc(C(=O)N2CCC(NC(C)=O)CC2)cc(Cl)n1. The highest BCUT2D eigenvalue weighted by Gasteiger charge is 2.24. The van der Waals surface area contributed by atoms with Crippen molar-refractivity contribution < 1.29 is 9.59 Å². The van der Waals surface area contributed by atoms with Crippen LogP contribution in [-0.4, -0.2) is 40.8 Å². The Hall–Kier alpha value is -1.62. The molecule has 0 radical (unpaired) electrons. The summed E-state index contributed by atoms with van der Waals surface area (Å²) in [5.74, 6) is -0.0384. The molecule has 1 aliphatic rings. The van der Waals surface area contributed by atoms with Gasteiger partial charge in [-0.1, -0.05) is 18.5 Å². The second-order valence-corrected chi connectivity index (χ2v) is 5.68. The van der Waals surface area contributed by atoms with Crippen molar-refractivity contribution in [3.8, 4) is 0 Å². The van der Waals surface area contributed by atoms with Gasteiger partial charge in [-0.15, -0.1) is 0 Å².